The van der Waals surface area contributed by atoms with Gasteiger partial charge in [-0.15, -0.1) is 0 Å². The lowest BCUT2D eigenvalue weighted by molar-refractivity contribution is 0.0697. The zero-order valence-corrected chi connectivity index (χ0v) is 24.5. The number of alkyl halides is 1. The molecule has 10 heteroatoms. The molecule has 2 aromatic carbocycles. The lowest BCUT2D eigenvalue weighted by Crippen LogP contribution is -2.29. The second-order valence-corrected chi connectivity index (χ2v) is 11.9. The highest BCUT2D eigenvalue weighted by molar-refractivity contribution is 5.99. The normalized spacial score (nSPS) is 20.5. The minimum absolute atomic E-state index is 0.180. The number of aromatic carboxylic acids is 1. The Kier molecular flexibility index (Phi) is 7.90. The second-order valence-electron chi connectivity index (χ2n) is 11.9. The number of halogens is 1. The quantitative estimate of drug-likeness (QED) is 0.273. The van der Waals surface area contributed by atoms with Crippen LogP contribution in [0.15, 0.2) is 42.7 Å². The molecular formula is C32H39FN6O3. The van der Waals surface area contributed by atoms with E-state index in [1.165, 1.54) is 0 Å². The fourth-order valence-corrected chi connectivity index (χ4v) is 6.56. The first kappa shape index (κ1) is 28.2. The number of aromatic nitrogens is 4. The van der Waals surface area contributed by atoms with Crippen LogP contribution in [0.2, 0.25) is 0 Å². The lowest BCUT2D eigenvalue weighted by atomic mass is 9.80. The van der Waals surface area contributed by atoms with E-state index in [1.54, 1.807) is 23.1 Å². The molecule has 2 unspecified atom stereocenters. The van der Waals surface area contributed by atoms with Crippen LogP contribution in [0.5, 0.6) is 5.75 Å². The van der Waals surface area contributed by atoms with Gasteiger partial charge in [0.2, 0.25) is 0 Å². The van der Waals surface area contributed by atoms with Gasteiger partial charge in [0.05, 0.1) is 11.3 Å². The molecular weight excluding hydrogens is 535 g/mol. The lowest BCUT2D eigenvalue weighted by Gasteiger charge is -2.30. The number of benzene rings is 2. The molecule has 0 saturated heterocycles. The number of hydrogen-bond acceptors (Lipinski definition) is 6. The maximum absolute atomic E-state index is 15.7. The Labute approximate surface area is 245 Å². The van der Waals surface area contributed by atoms with E-state index in [2.05, 4.69) is 45.0 Å². The highest BCUT2D eigenvalue weighted by atomic mass is 19.1. The van der Waals surface area contributed by atoms with E-state index in [0.717, 1.165) is 72.1 Å². The van der Waals surface area contributed by atoms with Crippen molar-refractivity contribution in [3.05, 3.63) is 59.7 Å². The predicted molar refractivity (Wildman–Crippen MR) is 161 cm³/mol. The third-order valence-corrected chi connectivity index (χ3v) is 8.65. The highest BCUT2D eigenvalue weighted by Crippen LogP contribution is 2.48. The van der Waals surface area contributed by atoms with Crippen LogP contribution >= 0.6 is 0 Å². The fraction of sp³-hybridized carbons (Fsp3) is 0.469. The summed E-state index contributed by atoms with van der Waals surface area (Å²) >= 11 is 0. The summed E-state index contributed by atoms with van der Waals surface area (Å²) in [6, 6.07) is 11.5. The summed E-state index contributed by atoms with van der Waals surface area (Å²) in [4.78, 5) is 18.4. The van der Waals surface area contributed by atoms with Crippen molar-refractivity contribution < 1.29 is 19.0 Å². The molecule has 222 valence electrons. The van der Waals surface area contributed by atoms with E-state index in [1.807, 2.05) is 25.2 Å². The molecule has 9 nitrogen and oxygen atoms in total. The molecule has 2 aliphatic rings. The van der Waals surface area contributed by atoms with Crippen LogP contribution in [0.25, 0.3) is 22.2 Å². The molecule has 1 saturated carbocycles. The van der Waals surface area contributed by atoms with Crippen LogP contribution in [0.3, 0.4) is 0 Å². The van der Waals surface area contributed by atoms with Crippen molar-refractivity contribution >= 4 is 22.6 Å². The minimum atomic E-state index is -0.962. The molecule has 6 rings (SSSR count). The van der Waals surface area contributed by atoms with Gasteiger partial charge in [0.25, 0.3) is 0 Å². The number of rotatable bonds is 8. The number of ether oxygens (including phenoxy) is 1. The number of nitrogens with one attached hydrogen (secondary N) is 1. The van der Waals surface area contributed by atoms with Gasteiger partial charge in [-0.2, -0.15) is 5.10 Å². The summed E-state index contributed by atoms with van der Waals surface area (Å²) in [5.74, 6) is 0.0928. The van der Waals surface area contributed by atoms with Gasteiger partial charge in [0.15, 0.2) is 5.82 Å². The van der Waals surface area contributed by atoms with Crippen molar-refractivity contribution in [1.29, 1.82) is 0 Å². The number of carboxylic acids is 1. The number of hydrogen-bond donors (Lipinski definition) is 2. The molecule has 0 bridgehead atoms. The van der Waals surface area contributed by atoms with E-state index in [4.69, 9.17) is 4.74 Å². The SMILES string of the molecule is CN(C)CCC1CCn2c(c(C3CCCC[C@@H]3F)c3ccc(C(=O)O)cc32)-c2ccc(OCc3ncn(C)n3)cc2N1. The molecule has 3 atom stereocenters. The molecule has 0 amide bonds. The van der Waals surface area contributed by atoms with Crippen LogP contribution in [0.1, 0.15) is 66.2 Å². The smallest absolute Gasteiger partial charge is 0.335 e. The Bertz CT molecular complexity index is 1590. The third kappa shape index (κ3) is 5.60. The first-order valence-electron chi connectivity index (χ1n) is 14.8. The molecule has 2 N–H and O–H groups in total. The van der Waals surface area contributed by atoms with Gasteiger partial charge in [-0.1, -0.05) is 18.9 Å². The van der Waals surface area contributed by atoms with Gasteiger partial charge in [0, 0.05) is 53.8 Å². The van der Waals surface area contributed by atoms with Crippen molar-refractivity contribution in [2.45, 2.75) is 69.8 Å². The largest absolute Gasteiger partial charge is 0.485 e. The Hall–Kier alpha value is -3.92. The van der Waals surface area contributed by atoms with Crippen molar-refractivity contribution in [3.63, 3.8) is 0 Å². The summed E-state index contributed by atoms with van der Waals surface area (Å²) in [6.07, 6.45) is 5.70. The average Bonchev–Trinajstić information content (AvgIpc) is 3.52. The summed E-state index contributed by atoms with van der Waals surface area (Å²) in [6.45, 7) is 1.87. The van der Waals surface area contributed by atoms with E-state index in [9.17, 15) is 9.90 Å². The van der Waals surface area contributed by atoms with Crippen LogP contribution in [0.4, 0.5) is 10.1 Å². The standard InChI is InChI=1S/C32H39FN6O3/c1-37(2)14-12-21-13-15-39-28-16-20(32(40)41)8-10-25(28)30(23-6-4-5-7-26(23)33)31(39)24-11-9-22(17-27(24)35-21)42-18-29-34-19-38(3)36-29/h8-11,16-17,19,21,23,26,35H,4-7,12-15,18H2,1-3H3,(H,40,41)/t21?,23?,26-/m0/s1. The molecule has 1 aliphatic carbocycles. The average molecular weight is 575 g/mol. The molecule has 1 aliphatic heterocycles. The number of nitrogens with zero attached hydrogens (tertiary/aromatic N) is 5. The Morgan fingerprint density at radius 3 is 2.74 bits per heavy atom. The van der Waals surface area contributed by atoms with Crippen LogP contribution in [-0.2, 0) is 20.2 Å². The molecule has 2 aromatic heterocycles. The van der Waals surface area contributed by atoms with Crippen LogP contribution in [-0.4, -0.2) is 68.2 Å². The van der Waals surface area contributed by atoms with Crippen LogP contribution in [0, 0.1) is 0 Å². The molecule has 1 fully saturated rings. The van der Waals surface area contributed by atoms with Crippen molar-refractivity contribution in [2.75, 3.05) is 26.0 Å². The fourth-order valence-electron chi connectivity index (χ4n) is 6.56. The summed E-state index contributed by atoms with van der Waals surface area (Å²) in [5.41, 5.74) is 4.99. The van der Waals surface area contributed by atoms with Gasteiger partial charge >= 0.3 is 5.97 Å². The number of fused-ring (bicyclic) bond motifs is 5. The number of anilines is 1. The summed E-state index contributed by atoms with van der Waals surface area (Å²) < 4.78 is 25.7. The predicted octanol–water partition coefficient (Wildman–Crippen LogP) is 5.85. The number of aryl methyl sites for hydroxylation is 2. The van der Waals surface area contributed by atoms with Crippen molar-refractivity contribution in [3.8, 4) is 17.0 Å². The summed E-state index contributed by atoms with van der Waals surface area (Å²) in [7, 11) is 5.97. The number of carboxylic acid groups (broad SMARTS) is 1. The van der Waals surface area contributed by atoms with E-state index in [0.29, 0.717) is 24.5 Å². The maximum Gasteiger partial charge on any atom is 0.335 e. The zero-order valence-electron chi connectivity index (χ0n) is 24.5. The number of carbonyl (C=O) groups is 1. The molecule has 0 spiro atoms. The molecule has 4 aromatic rings. The monoisotopic (exact) mass is 574 g/mol. The summed E-state index contributed by atoms with van der Waals surface area (Å²) in [5, 5.41) is 18.9. The van der Waals surface area contributed by atoms with Gasteiger partial charge < -0.3 is 24.6 Å². The Balaban J connectivity index is 1.50. The van der Waals surface area contributed by atoms with Gasteiger partial charge in [-0.05, 0) is 76.2 Å². The van der Waals surface area contributed by atoms with Gasteiger partial charge in [-0.3, -0.25) is 4.68 Å². The van der Waals surface area contributed by atoms with E-state index < -0.39 is 12.1 Å². The Morgan fingerprint density at radius 2 is 2.00 bits per heavy atom. The zero-order chi connectivity index (χ0) is 29.4. The first-order valence-corrected chi connectivity index (χ1v) is 14.8. The molecule has 0 radical (unpaired) electrons. The van der Waals surface area contributed by atoms with Gasteiger partial charge in [0.1, 0.15) is 24.9 Å². The van der Waals surface area contributed by atoms with Crippen molar-refractivity contribution in [1.82, 2.24) is 24.2 Å². The van der Waals surface area contributed by atoms with Crippen molar-refractivity contribution in [2.24, 2.45) is 7.05 Å². The van der Waals surface area contributed by atoms with E-state index >= 15 is 4.39 Å². The minimum Gasteiger partial charge on any atom is -0.485 e. The Morgan fingerprint density at radius 1 is 1.17 bits per heavy atom. The highest BCUT2D eigenvalue weighted by Gasteiger charge is 2.34. The first-order chi connectivity index (χ1) is 20.3. The van der Waals surface area contributed by atoms with E-state index in [-0.39, 0.29) is 24.1 Å². The van der Waals surface area contributed by atoms with Gasteiger partial charge in [-0.25, -0.2) is 14.2 Å². The van der Waals surface area contributed by atoms with Crippen LogP contribution < -0.4 is 10.1 Å². The molecule has 42 heavy (non-hydrogen) atoms. The maximum atomic E-state index is 15.7. The second kappa shape index (κ2) is 11.8. The third-order valence-electron chi connectivity index (χ3n) is 8.65. The topological polar surface area (TPSA) is 97.4 Å². The molecule has 3 heterocycles.